The molecule has 1 aromatic heterocycles. The third-order valence-corrected chi connectivity index (χ3v) is 4.54. The molecule has 1 unspecified atom stereocenters. The van der Waals surface area contributed by atoms with Crippen molar-refractivity contribution >= 4 is 11.3 Å². The van der Waals surface area contributed by atoms with E-state index in [4.69, 9.17) is 5.73 Å². The lowest BCUT2D eigenvalue weighted by Crippen LogP contribution is -2.08. The summed E-state index contributed by atoms with van der Waals surface area (Å²) in [4.78, 5) is 2.89. The first-order chi connectivity index (χ1) is 8.46. The van der Waals surface area contributed by atoms with Gasteiger partial charge in [-0.25, -0.2) is 0 Å². The molecule has 0 bridgehead atoms. The first kappa shape index (κ1) is 13.6. The van der Waals surface area contributed by atoms with Gasteiger partial charge in [0, 0.05) is 21.6 Å². The average molecular weight is 261 g/mol. The minimum Gasteiger partial charge on any atom is -0.322 e. The van der Waals surface area contributed by atoms with Gasteiger partial charge in [0.05, 0.1) is 6.04 Å². The summed E-state index contributed by atoms with van der Waals surface area (Å²) in [5.74, 6) is 6.49. The number of aryl methyl sites for hydroxylation is 2. The normalized spacial score (nSPS) is 16.7. The molecule has 2 N–H and O–H groups in total. The number of fused-ring (bicyclic) bond motifs is 1. The van der Waals surface area contributed by atoms with Crippen molar-refractivity contribution in [1.82, 2.24) is 0 Å². The Hall–Kier alpha value is -0.780. The van der Waals surface area contributed by atoms with E-state index in [0.717, 1.165) is 6.42 Å². The fourth-order valence-electron chi connectivity index (χ4n) is 2.22. The number of hydrogen-bond acceptors (Lipinski definition) is 2. The van der Waals surface area contributed by atoms with Crippen molar-refractivity contribution in [2.45, 2.75) is 58.9 Å². The first-order valence-electron chi connectivity index (χ1n) is 6.83. The lowest BCUT2D eigenvalue weighted by molar-refractivity contribution is 0.569. The zero-order valence-corrected chi connectivity index (χ0v) is 12.5. The molecule has 0 amide bonds. The predicted octanol–water partition coefficient (Wildman–Crippen LogP) is 4.07. The molecule has 2 rings (SSSR count). The highest BCUT2D eigenvalue weighted by atomic mass is 32.1. The molecule has 1 atom stereocenters. The summed E-state index contributed by atoms with van der Waals surface area (Å²) in [7, 11) is 0. The van der Waals surface area contributed by atoms with Crippen LogP contribution in [0.5, 0.6) is 0 Å². The molecule has 0 saturated heterocycles. The topological polar surface area (TPSA) is 26.0 Å². The molecule has 0 radical (unpaired) electrons. The Bertz CT molecular complexity index is 444. The van der Waals surface area contributed by atoms with Crippen LogP contribution in [0, 0.1) is 17.3 Å². The largest absolute Gasteiger partial charge is 0.322 e. The third-order valence-electron chi connectivity index (χ3n) is 3.17. The van der Waals surface area contributed by atoms with E-state index in [1.54, 1.807) is 10.4 Å². The summed E-state index contributed by atoms with van der Waals surface area (Å²) in [5.41, 5.74) is 7.86. The molecule has 1 heterocycles. The van der Waals surface area contributed by atoms with Crippen molar-refractivity contribution in [2.75, 3.05) is 0 Å². The second-order valence-electron chi connectivity index (χ2n) is 6.17. The van der Waals surface area contributed by atoms with Crippen molar-refractivity contribution in [1.29, 1.82) is 0 Å². The minimum atomic E-state index is 0.0778. The molecule has 1 aromatic rings. The highest BCUT2D eigenvalue weighted by Gasteiger charge is 2.16. The van der Waals surface area contributed by atoms with Gasteiger partial charge >= 0.3 is 0 Å². The highest BCUT2D eigenvalue weighted by Crippen LogP contribution is 2.32. The Balaban J connectivity index is 2.02. The van der Waals surface area contributed by atoms with Gasteiger partial charge < -0.3 is 5.73 Å². The van der Waals surface area contributed by atoms with Gasteiger partial charge in [-0.3, -0.25) is 0 Å². The Morgan fingerprint density at radius 1 is 1.33 bits per heavy atom. The second kappa shape index (κ2) is 5.47. The van der Waals surface area contributed by atoms with Crippen LogP contribution in [0.2, 0.25) is 0 Å². The molecular formula is C16H23NS. The van der Waals surface area contributed by atoms with Crippen LogP contribution in [0.25, 0.3) is 0 Å². The van der Waals surface area contributed by atoms with Crippen LogP contribution >= 0.6 is 11.3 Å². The molecule has 0 fully saturated rings. The fraction of sp³-hybridized carbons (Fsp3) is 0.625. The number of thiophene rings is 1. The molecule has 1 aliphatic carbocycles. The van der Waals surface area contributed by atoms with Gasteiger partial charge in [-0.15, -0.1) is 17.3 Å². The maximum Gasteiger partial charge on any atom is 0.0500 e. The van der Waals surface area contributed by atoms with E-state index in [0.29, 0.717) is 0 Å². The van der Waals surface area contributed by atoms with E-state index in [2.05, 4.69) is 38.7 Å². The van der Waals surface area contributed by atoms with Crippen LogP contribution in [0.15, 0.2) is 6.07 Å². The molecule has 1 aliphatic rings. The monoisotopic (exact) mass is 261 g/mol. The minimum absolute atomic E-state index is 0.0778. The van der Waals surface area contributed by atoms with E-state index >= 15 is 0 Å². The average Bonchev–Trinajstić information content (AvgIpc) is 2.70. The third kappa shape index (κ3) is 3.60. The van der Waals surface area contributed by atoms with E-state index in [1.807, 2.05) is 11.3 Å². The molecule has 18 heavy (non-hydrogen) atoms. The number of hydrogen-bond donors (Lipinski definition) is 1. The molecular weight excluding hydrogens is 238 g/mol. The molecule has 0 spiro atoms. The second-order valence-corrected chi connectivity index (χ2v) is 7.34. The van der Waals surface area contributed by atoms with Crippen molar-refractivity contribution in [2.24, 2.45) is 11.1 Å². The van der Waals surface area contributed by atoms with Crippen molar-refractivity contribution in [3.63, 3.8) is 0 Å². The summed E-state index contributed by atoms with van der Waals surface area (Å²) in [6.07, 6.45) is 5.94. The quantitative estimate of drug-likeness (QED) is 0.798. The molecule has 98 valence electrons. The molecule has 0 aliphatic heterocycles. The van der Waals surface area contributed by atoms with Crippen LogP contribution in [0.3, 0.4) is 0 Å². The van der Waals surface area contributed by atoms with E-state index in [-0.39, 0.29) is 11.5 Å². The standard InChI is InChI=1S/C16H23NS/c1-16(2,3)10-6-8-13(17)15-11-12-7-4-5-9-14(12)18-15/h11,13H,4-5,7-9,17H2,1-3H3. The van der Waals surface area contributed by atoms with Gasteiger partial charge in [0.1, 0.15) is 0 Å². The Morgan fingerprint density at radius 2 is 2.06 bits per heavy atom. The van der Waals surface area contributed by atoms with Crippen LogP contribution < -0.4 is 5.73 Å². The van der Waals surface area contributed by atoms with Crippen LogP contribution in [0.4, 0.5) is 0 Å². The van der Waals surface area contributed by atoms with E-state index in [1.165, 1.54) is 30.6 Å². The van der Waals surface area contributed by atoms with Crippen molar-refractivity contribution in [3.8, 4) is 11.8 Å². The molecule has 2 heteroatoms. The molecule has 0 saturated carbocycles. The van der Waals surface area contributed by atoms with Crippen LogP contribution in [-0.4, -0.2) is 0 Å². The van der Waals surface area contributed by atoms with Crippen LogP contribution in [-0.2, 0) is 12.8 Å². The SMILES string of the molecule is CC(C)(C)C#CCC(N)c1cc2c(s1)CCCC2. The molecule has 1 nitrogen and oxygen atoms in total. The summed E-state index contributed by atoms with van der Waals surface area (Å²) in [6.45, 7) is 6.40. The number of rotatable bonds is 2. The van der Waals surface area contributed by atoms with Gasteiger partial charge in [-0.1, -0.05) is 5.92 Å². The highest BCUT2D eigenvalue weighted by molar-refractivity contribution is 7.12. The summed E-state index contributed by atoms with van der Waals surface area (Å²) >= 11 is 1.91. The molecule has 0 aromatic carbocycles. The lowest BCUT2D eigenvalue weighted by atomic mass is 9.97. The summed E-state index contributed by atoms with van der Waals surface area (Å²) in [6, 6.07) is 2.42. The fourth-order valence-corrected chi connectivity index (χ4v) is 3.48. The van der Waals surface area contributed by atoms with Gasteiger partial charge in [0.2, 0.25) is 0 Å². The first-order valence-corrected chi connectivity index (χ1v) is 7.64. The zero-order chi connectivity index (χ0) is 13.2. The Morgan fingerprint density at radius 3 is 2.72 bits per heavy atom. The summed E-state index contributed by atoms with van der Waals surface area (Å²) < 4.78 is 0. The van der Waals surface area contributed by atoms with Gasteiger partial charge in [-0.05, 0) is 58.1 Å². The van der Waals surface area contributed by atoms with E-state index < -0.39 is 0 Å². The van der Waals surface area contributed by atoms with Crippen molar-refractivity contribution < 1.29 is 0 Å². The van der Waals surface area contributed by atoms with E-state index in [9.17, 15) is 0 Å². The number of nitrogens with two attached hydrogens (primary N) is 1. The smallest absolute Gasteiger partial charge is 0.0500 e. The van der Waals surface area contributed by atoms with Gasteiger partial charge in [-0.2, -0.15) is 0 Å². The zero-order valence-electron chi connectivity index (χ0n) is 11.7. The summed E-state index contributed by atoms with van der Waals surface area (Å²) in [5, 5.41) is 0. The van der Waals surface area contributed by atoms with Gasteiger partial charge in [0.25, 0.3) is 0 Å². The predicted molar refractivity (Wildman–Crippen MR) is 79.7 cm³/mol. The van der Waals surface area contributed by atoms with Gasteiger partial charge in [0.15, 0.2) is 0 Å². The maximum atomic E-state index is 6.24. The maximum absolute atomic E-state index is 6.24. The van der Waals surface area contributed by atoms with Crippen molar-refractivity contribution in [3.05, 3.63) is 21.4 Å². The lowest BCUT2D eigenvalue weighted by Gasteiger charge is -2.08. The Labute approximate surface area is 115 Å². The Kier molecular flexibility index (Phi) is 4.14. The van der Waals surface area contributed by atoms with Crippen LogP contribution in [0.1, 0.15) is 61.4 Å².